The molecular formula is C12H13ClF3NO3. The Bertz CT molecular complexity index is 493. The van der Waals surface area contributed by atoms with Crippen LogP contribution in [0.3, 0.4) is 0 Å². The van der Waals surface area contributed by atoms with Gasteiger partial charge < -0.3 is 14.8 Å². The first-order chi connectivity index (χ1) is 8.91. The molecule has 1 fully saturated rings. The maximum absolute atomic E-state index is 13.0. The number of ether oxygens (including phenoxy) is 2. The molecule has 0 aromatic heterocycles. The van der Waals surface area contributed by atoms with Crippen molar-refractivity contribution in [1.29, 1.82) is 0 Å². The first kappa shape index (κ1) is 16.4. The van der Waals surface area contributed by atoms with Gasteiger partial charge in [-0.25, -0.2) is 4.79 Å². The first-order valence-corrected chi connectivity index (χ1v) is 5.60. The van der Waals surface area contributed by atoms with Crippen LogP contribution in [0.25, 0.3) is 0 Å². The van der Waals surface area contributed by atoms with Crippen molar-refractivity contribution in [2.45, 2.75) is 18.6 Å². The second-order valence-electron chi connectivity index (χ2n) is 4.07. The van der Waals surface area contributed by atoms with Crippen molar-refractivity contribution in [2.75, 3.05) is 13.7 Å². The first-order valence-electron chi connectivity index (χ1n) is 5.60. The van der Waals surface area contributed by atoms with Gasteiger partial charge in [0.2, 0.25) is 0 Å². The standard InChI is InChI=1S/C12H12F3NO3.ClH/c1-18-7-2-3-8(9(6-7)12(13,14)15)10-4-5-19-11(17)16-10;/h2-3,6,10H,4-5H2,1H3,(H,16,17);1H/t10-;/m1./s1. The van der Waals surface area contributed by atoms with Gasteiger partial charge in [0.25, 0.3) is 0 Å². The number of benzene rings is 1. The van der Waals surface area contributed by atoms with Gasteiger partial charge in [0.15, 0.2) is 0 Å². The third-order valence-corrected chi connectivity index (χ3v) is 2.87. The third-order valence-electron chi connectivity index (χ3n) is 2.87. The Morgan fingerprint density at radius 3 is 2.65 bits per heavy atom. The summed E-state index contributed by atoms with van der Waals surface area (Å²) in [6.45, 7) is 0.0970. The molecule has 1 atom stereocenters. The number of halogens is 4. The van der Waals surface area contributed by atoms with Crippen molar-refractivity contribution in [3.63, 3.8) is 0 Å². The van der Waals surface area contributed by atoms with Crippen molar-refractivity contribution in [3.05, 3.63) is 29.3 Å². The number of hydrogen-bond acceptors (Lipinski definition) is 3. The minimum atomic E-state index is -4.51. The van der Waals surface area contributed by atoms with E-state index in [4.69, 9.17) is 4.74 Å². The molecule has 0 bridgehead atoms. The summed E-state index contributed by atoms with van der Waals surface area (Å²) in [5, 5.41) is 2.38. The van der Waals surface area contributed by atoms with Gasteiger partial charge in [-0.1, -0.05) is 6.07 Å². The number of hydrogen-bond donors (Lipinski definition) is 1. The van der Waals surface area contributed by atoms with Crippen LogP contribution >= 0.6 is 12.4 Å². The molecule has 112 valence electrons. The fraction of sp³-hybridized carbons (Fsp3) is 0.417. The molecule has 0 radical (unpaired) electrons. The van der Waals surface area contributed by atoms with Crippen LogP contribution in [0.4, 0.5) is 18.0 Å². The monoisotopic (exact) mass is 311 g/mol. The molecule has 2 rings (SSSR count). The lowest BCUT2D eigenvalue weighted by molar-refractivity contribution is -0.138. The number of alkyl halides is 3. The summed E-state index contributed by atoms with van der Waals surface area (Å²) in [6, 6.07) is 2.98. The van der Waals surface area contributed by atoms with E-state index in [2.05, 4.69) is 10.1 Å². The summed E-state index contributed by atoms with van der Waals surface area (Å²) in [7, 11) is 1.30. The molecule has 1 heterocycles. The summed E-state index contributed by atoms with van der Waals surface area (Å²) < 4.78 is 48.5. The molecule has 1 aromatic rings. The number of methoxy groups -OCH3 is 1. The van der Waals surface area contributed by atoms with Gasteiger partial charge in [-0.15, -0.1) is 12.4 Å². The number of nitrogens with one attached hydrogen (secondary N) is 1. The summed E-state index contributed by atoms with van der Waals surface area (Å²) in [4.78, 5) is 11.1. The number of cyclic esters (lactones) is 1. The van der Waals surface area contributed by atoms with Crippen LogP contribution in [0.1, 0.15) is 23.6 Å². The van der Waals surface area contributed by atoms with Crippen LogP contribution in [-0.2, 0) is 10.9 Å². The number of alkyl carbamates (subject to hydrolysis) is 1. The van der Waals surface area contributed by atoms with Crippen molar-refractivity contribution < 1.29 is 27.4 Å². The molecular weight excluding hydrogens is 299 g/mol. The average Bonchev–Trinajstić information content (AvgIpc) is 2.37. The number of carbonyl (C=O) groups excluding carboxylic acids is 1. The Labute approximate surface area is 119 Å². The number of amides is 1. The molecule has 0 saturated carbocycles. The zero-order valence-corrected chi connectivity index (χ0v) is 11.3. The maximum Gasteiger partial charge on any atom is 0.416 e. The molecule has 0 unspecified atom stereocenters. The van der Waals surface area contributed by atoms with Gasteiger partial charge in [-0.2, -0.15) is 13.2 Å². The molecule has 4 nitrogen and oxygen atoms in total. The smallest absolute Gasteiger partial charge is 0.416 e. The highest BCUT2D eigenvalue weighted by Gasteiger charge is 2.37. The van der Waals surface area contributed by atoms with Crippen LogP contribution in [0, 0.1) is 0 Å². The zero-order valence-electron chi connectivity index (χ0n) is 10.5. The summed E-state index contributed by atoms with van der Waals surface area (Å²) in [5.41, 5.74) is -0.788. The molecule has 1 aliphatic heterocycles. The summed E-state index contributed by atoms with van der Waals surface area (Å²) in [5.74, 6) is 0.120. The highest BCUT2D eigenvalue weighted by Crippen LogP contribution is 2.38. The molecule has 8 heteroatoms. The lowest BCUT2D eigenvalue weighted by Gasteiger charge is -2.26. The fourth-order valence-corrected chi connectivity index (χ4v) is 1.97. The predicted molar refractivity (Wildman–Crippen MR) is 67.1 cm³/mol. The lowest BCUT2D eigenvalue weighted by atomic mass is 9.97. The second kappa shape index (κ2) is 6.21. The van der Waals surface area contributed by atoms with Crippen molar-refractivity contribution >= 4 is 18.5 Å². The molecule has 20 heavy (non-hydrogen) atoms. The Morgan fingerprint density at radius 2 is 2.10 bits per heavy atom. The highest BCUT2D eigenvalue weighted by atomic mass is 35.5. The van der Waals surface area contributed by atoms with Gasteiger partial charge >= 0.3 is 12.3 Å². The lowest BCUT2D eigenvalue weighted by Crippen LogP contribution is -2.36. The number of rotatable bonds is 2. The highest BCUT2D eigenvalue weighted by molar-refractivity contribution is 5.85. The maximum atomic E-state index is 13.0. The Kier molecular flexibility index (Phi) is 5.10. The molecule has 0 aliphatic carbocycles. The van der Waals surface area contributed by atoms with Gasteiger partial charge in [0.05, 0.1) is 25.3 Å². The average molecular weight is 312 g/mol. The number of carbonyl (C=O) groups is 1. The van der Waals surface area contributed by atoms with Gasteiger partial charge in [-0.05, 0) is 17.7 Å². The van der Waals surface area contributed by atoms with Gasteiger partial charge in [-0.3, -0.25) is 0 Å². The Morgan fingerprint density at radius 1 is 1.40 bits per heavy atom. The van der Waals surface area contributed by atoms with E-state index in [0.717, 1.165) is 6.07 Å². The van der Waals surface area contributed by atoms with Crippen LogP contribution in [-0.4, -0.2) is 19.8 Å². The Balaban J connectivity index is 0.00000200. The van der Waals surface area contributed by atoms with Gasteiger partial charge in [0.1, 0.15) is 5.75 Å². The van der Waals surface area contributed by atoms with E-state index in [0.29, 0.717) is 6.42 Å². The minimum Gasteiger partial charge on any atom is -0.497 e. The van der Waals surface area contributed by atoms with E-state index < -0.39 is 23.9 Å². The van der Waals surface area contributed by atoms with Crippen LogP contribution in [0.5, 0.6) is 5.75 Å². The van der Waals surface area contributed by atoms with E-state index in [1.807, 2.05) is 0 Å². The quantitative estimate of drug-likeness (QED) is 0.911. The van der Waals surface area contributed by atoms with Crippen molar-refractivity contribution in [3.8, 4) is 5.75 Å². The SMILES string of the molecule is COc1ccc([C@H]2CCOC(=O)N2)c(C(F)(F)F)c1.Cl. The van der Waals surface area contributed by atoms with E-state index in [-0.39, 0.29) is 30.3 Å². The third kappa shape index (κ3) is 3.47. The summed E-state index contributed by atoms with van der Waals surface area (Å²) in [6.07, 6.45) is -4.92. The molecule has 1 aliphatic rings. The van der Waals surface area contributed by atoms with E-state index in [9.17, 15) is 18.0 Å². The second-order valence-corrected chi connectivity index (χ2v) is 4.07. The molecule has 1 N–H and O–H groups in total. The van der Waals surface area contributed by atoms with E-state index in [1.165, 1.54) is 19.2 Å². The van der Waals surface area contributed by atoms with Crippen molar-refractivity contribution in [2.24, 2.45) is 0 Å². The normalized spacial score (nSPS) is 18.6. The fourth-order valence-electron chi connectivity index (χ4n) is 1.97. The summed E-state index contributed by atoms with van der Waals surface area (Å²) >= 11 is 0. The minimum absolute atomic E-state index is 0. The van der Waals surface area contributed by atoms with Crippen LogP contribution in [0.2, 0.25) is 0 Å². The van der Waals surface area contributed by atoms with Crippen molar-refractivity contribution in [1.82, 2.24) is 5.32 Å². The van der Waals surface area contributed by atoms with Gasteiger partial charge in [0, 0.05) is 6.42 Å². The predicted octanol–water partition coefficient (Wildman–Crippen LogP) is 3.31. The van der Waals surface area contributed by atoms with Crippen LogP contribution in [0.15, 0.2) is 18.2 Å². The van der Waals surface area contributed by atoms with Crippen LogP contribution < -0.4 is 10.1 Å². The largest absolute Gasteiger partial charge is 0.497 e. The molecule has 1 aromatic carbocycles. The Hall–Kier alpha value is -1.63. The van der Waals surface area contributed by atoms with E-state index in [1.54, 1.807) is 0 Å². The molecule has 1 amide bonds. The molecule has 0 spiro atoms. The topological polar surface area (TPSA) is 47.6 Å². The zero-order chi connectivity index (χ0) is 14.0. The molecule has 1 saturated heterocycles. The van der Waals surface area contributed by atoms with E-state index >= 15 is 0 Å².